The van der Waals surface area contributed by atoms with Crippen LogP contribution in [0.5, 0.6) is 11.5 Å². The number of aliphatic carboxylic acids is 2. The molecule has 216 valence electrons. The molecule has 1 aromatic carbocycles. The fourth-order valence-corrected chi connectivity index (χ4v) is 3.42. The molecule has 0 fully saturated rings. The lowest BCUT2D eigenvalue weighted by Gasteiger charge is -2.18. The quantitative estimate of drug-likeness (QED) is 0.134. The second-order valence-electron chi connectivity index (χ2n) is 9.25. The first-order valence-electron chi connectivity index (χ1n) is 12.6. The van der Waals surface area contributed by atoms with Crippen molar-refractivity contribution in [1.82, 2.24) is 10.6 Å². The SMILES string of the molecule is COc1cc(CNC(=O)CCCC/C=C/C(C)C)ccc1OC(=O)N[C@@H](CC(=O)O)C(=O)C[C@@H](CO)C(=O)O. The molecule has 0 saturated heterocycles. The fourth-order valence-electron chi connectivity index (χ4n) is 3.42. The molecule has 1 aromatic rings. The van der Waals surface area contributed by atoms with E-state index in [2.05, 4.69) is 36.6 Å². The van der Waals surface area contributed by atoms with Gasteiger partial charge in [-0.2, -0.15) is 0 Å². The molecular formula is C27H38N2O10. The number of carboxylic acids is 2. The van der Waals surface area contributed by atoms with Crippen molar-refractivity contribution >= 4 is 29.7 Å². The molecule has 0 heterocycles. The number of carboxylic acid groups (broad SMARTS) is 2. The van der Waals surface area contributed by atoms with Gasteiger partial charge in [-0.15, -0.1) is 0 Å². The smallest absolute Gasteiger partial charge is 0.413 e. The minimum Gasteiger partial charge on any atom is -0.493 e. The van der Waals surface area contributed by atoms with Gasteiger partial charge in [-0.3, -0.25) is 19.2 Å². The van der Waals surface area contributed by atoms with Crippen LogP contribution in [-0.4, -0.2) is 64.8 Å². The third-order valence-electron chi connectivity index (χ3n) is 5.54. The number of carbonyl (C=O) groups is 5. The van der Waals surface area contributed by atoms with Gasteiger partial charge in [-0.1, -0.05) is 32.1 Å². The number of unbranched alkanes of at least 4 members (excludes halogenated alkanes) is 2. The number of aliphatic hydroxyl groups excluding tert-OH is 1. The van der Waals surface area contributed by atoms with Crippen LogP contribution < -0.4 is 20.1 Å². The van der Waals surface area contributed by atoms with Crippen LogP contribution in [0.25, 0.3) is 0 Å². The summed E-state index contributed by atoms with van der Waals surface area (Å²) in [7, 11) is 1.34. The number of rotatable bonds is 18. The zero-order valence-corrected chi connectivity index (χ0v) is 22.5. The van der Waals surface area contributed by atoms with Crippen LogP contribution in [0, 0.1) is 11.8 Å². The number of hydrogen-bond acceptors (Lipinski definition) is 8. The first kappa shape index (κ1) is 33.1. The number of ketones is 1. The van der Waals surface area contributed by atoms with Crippen LogP contribution in [-0.2, 0) is 25.7 Å². The fraction of sp³-hybridized carbons (Fsp3) is 0.519. The van der Waals surface area contributed by atoms with Crippen molar-refractivity contribution in [3.05, 3.63) is 35.9 Å². The van der Waals surface area contributed by atoms with Gasteiger partial charge in [0, 0.05) is 19.4 Å². The molecule has 0 aliphatic carbocycles. The lowest BCUT2D eigenvalue weighted by atomic mass is 9.97. The Morgan fingerprint density at radius 1 is 1.03 bits per heavy atom. The summed E-state index contributed by atoms with van der Waals surface area (Å²) in [6.45, 7) is 3.60. The highest BCUT2D eigenvalue weighted by molar-refractivity contribution is 5.93. The van der Waals surface area contributed by atoms with E-state index in [0.717, 1.165) is 19.3 Å². The van der Waals surface area contributed by atoms with Gasteiger partial charge in [-0.05, 0) is 42.9 Å². The number of benzene rings is 1. The first-order chi connectivity index (χ1) is 18.5. The number of amides is 2. The van der Waals surface area contributed by atoms with Crippen molar-refractivity contribution < 1.29 is 48.8 Å². The number of methoxy groups -OCH3 is 1. The maximum Gasteiger partial charge on any atom is 0.413 e. The molecule has 12 nitrogen and oxygen atoms in total. The molecule has 0 aromatic heterocycles. The van der Waals surface area contributed by atoms with E-state index in [9.17, 15) is 24.0 Å². The molecular weight excluding hydrogens is 512 g/mol. The van der Waals surface area contributed by atoms with E-state index >= 15 is 0 Å². The Morgan fingerprint density at radius 3 is 2.33 bits per heavy atom. The molecule has 1 rings (SSSR count). The van der Waals surface area contributed by atoms with Gasteiger partial charge in [0.05, 0.1) is 26.1 Å². The summed E-state index contributed by atoms with van der Waals surface area (Å²) in [6, 6.07) is 3.00. The minimum atomic E-state index is -1.57. The number of Topliss-reactive ketones (excluding diaryl/α,β-unsaturated/α-hetero) is 1. The molecule has 2 amide bonds. The Balaban J connectivity index is 2.70. The van der Waals surface area contributed by atoms with Crippen molar-refractivity contribution in [2.45, 2.75) is 65.0 Å². The highest BCUT2D eigenvalue weighted by Gasteiger charge is 2.29. The van der Waals surface area contributed by atoms with Crippen LogP contribution in [0.15, 0.2) is 30.4 Å². The standard InChI is InChI=1S/C27H38N2O10/c1-17(2)8-6-4-5-7-9-24(32)28-15-18-10-11-22(23(12-18)38-3)39-27(37)29-20(14-25(33)34)21(31)13-19(16-30)26(35)36/h6,8,10-12,17,19-20,30H,4-5,7,9,13-16H2,1-3H3,(H,28,32)(H,29,37)(H,33,34)(H,35,36)/b8-6+/t19-,20-/m0/s1. The Kier molecular flexibility index (Phi) is 14.9. The van der Waals surface area contributed by atoms with Crippen LogP contribution in [0.2, 0.25) is 0 Å². The lowest BCUT2D eigenvalue weighted by molar-refractivity contribution is -0.145. The van der Waals surface area contributed by atoms with Gasteiger partial charge in [0.1, 0.15) is 6.04 Å². The molecule has 0 spiro atoms. The molecule has 0 radical (unpaired) electrons. The van der Waals surface area contributed by atoms with E-state index in [-0.39, 0.29) is 24.0 Å². The summed E-state index contributed by atoms with van der Waals surface area (Å²) in [5.74, 6) is -4.63. The third-order valence-corrected chi connectivity index (χ3v) is 5.54. The van der Waals surface area contributed by atoms with Crippen LogP contribution >= 0.6 is 0 Å². The molecule has 0 unspecified atom stereocenters. The summed E-state index contributed by atoms with van der Waals surface area (Å²) in [5.41, 5.74) is 0.676. The zero-order valence-electron chi connectivity index (χ0n) is 22.5. The van der Waals surface area contributed by atoms with Crippen LogP contribution in [0.4, 0.5) is 4.79 Å². The van der Waals surface area contributed by atoms with E-state index in [1.54, 1.807) is 12.1 Å². The van der Waals surface area contributed by atoms with E-state index < -0.39 is 55.2 Å². The van der Waals surface area contributed by atoms with E-state index in [4.69, 9.17) is 24.8 Å². The Labute approximate surface area is 227 Å². The number of nitrogens with one attached hydrogen (secondary N) is 2. The average Bonchev–Trinajstić information content (AvgIpc) is 2.87. The molecule has 12 heteroatoms. The average molecular weight is 551 g/mol. The van der Waals surface area contributed by atoms with Crippen molar-refractivity contribution in [2.24, 2.45) is 11.8 Å². The second-order valence-corrected chi connectivity index (χ2v) is 9.25. The first-order valence-corrected chi connectivity index (χ1v) is 12.6. The Hall–Kier alpha value is -3.93. The highest BCUT2D eigenvalue weighted by atomic mass is 16.6. The number of allylic oxidation sites excluding steroid dienone is 2. The lowest BCUT2D eigenvalue weighted by Crippen LogP contribution is -2.44. The van der Waals surface area contributed by atoms with Gasteiger partial charge in [0.25, 0.3) is 0 Å². The van der Waals surface area contributed by atoms with Crippen molar-refractivity contribution in [3.8, 4) is 11.5 Å². The summed E-state index contributed by atoms with van der Waals surface area (Å²) in [6.07, 6.45) is 4.61. The van der Waals surface area contributed by atoms with Crippen molar-refractivity contribution in [3.63, 3.8) is 0 Å². The zero-order chi connectivity index (χ0) is 29.4. The normalized spacial score (nSPS) is 12.5. The molecule has 5 N–H and O–H groups in total. The number of hydrogen-bond donors (Lipinski definition) is 5. The topological polar surface area (TPSA) is 189 Å². The Bertz CT molecular complexity index is 1020. The Morgan fingerprint density at radius 2 is 1.74 bits per heavy atom. The van der Waals surface area contributed by atoms with E-state index in [1.807, 2.05) is 0 Å². The summed E-state index contributed by atoms with van der Waals surface area (Å²) in [5, 5.41) is 32.1. The van der Waals surface area contributed by atoms with E-state index in [1.165, 1.54) is 13.2 Å². The maximum absolute atomic E-state index is 12.4. The second kappa shape index (κ2) is 17.6. The van der Waals surface area contributed by atoms with Crippen LogP contribution in [0.1, 0.15) is 57.9 Å². The van der Waals surface area contributed by atoms with Gasteiger partial charge in [0.2, 0.25) is 5.91 Å². The van der Waals surface area contributed by atoms with Gasteiger partial charge in [0.15, 0.2) is 17.3 Å². The molecule has 0 bridgehead atoms. The monoisotopic (exact) mass is 550 g/mol. The number of ether oxygens (including phenoxy) is 2. The van der Waals surface area contributed by atoms with Gasteiger partial charge in [-0.25, -0.2) is 4.79 Å². The van der Waals surface area contributed by atoms with E-state index in [0.29, 0.717) is 17.9 Å². The van der Waals surface area contributed by atoms with Gasteiger partial charge < -0.3 is 35.4 Å². The van der Waals surface area contributed by atoms with Crippen molar-refractivity contribution in [1.29, 1.82) is 0 Å². The summed E-state index contributed by atoms with van der Waals surface area (Å²) < 4.78 is 10.4. The third kappa shape index (κ3) is 13.4. The number of carbonyl (C=O) groups excluding carboxylic acids is 3. The largest absolute Gasteiger partial charge is 0.493 e. The maximum atomic E-state index is 12.4. The van der Waals surface area contributed by atoms with Gasteiger partial charge >= 0.3 is 18.0 Å². The predicted molar refractivity (Wildman–Crippen MR) is 140 cm³/mol. The molecule has 2 atom stereocenters. The predicted octanol–water partition coefficient (Wildman–Crippen LogP) is 2.67. The molecule has 0 aliphatic heterocycles. The highest BCUT2D eigenvalue weighted by Crippen LogP contribution is 2.28. The number of aliphatic hydroxyl groups is 1. The molecule has 0 saturated carbocycles. The van der Waals surface area contributed by atoms with Crippen molar-refractivity contribution in [2.75, 3.05) is 13.7 Å². The van der Waals surface area contributed by atoms with Crippen LogP contribution in [0.3, 0.4) is 0 Å². The molecule has 0 aliphatic rings. The summed E-state index contributed by atoms with van der Waals surface area (Å²) in [4.78, 5) is 59.2. The molecule has 39 heavy (non-hydrogen) atoms. The minimum absolute atomic E-state index is 0.0279. The summed E-state index contributed by atoms with van der Waals surface area (Å²) >= 11 is 0.